The first-order valence-electron chi connectivity index (χ1n) is 8.51. The molecule has 1 fully saturated rings. The second-order valence-corrected chi connectivity index (χ2v) is 8.11. The summed E-state index contributed by atoms with van der Waals surface area (Å²) in [6.45, 7) is 8.89. The minimum atomic E-state index is -0.440. The maximum Gasteiger partial charge on any atom is 0.410 e. The molecule has 0 aromatic carbocycles. The summed E-state index contributed by atoms with van der Waals surface area (Å²) >= 11 is 1.66. The lowest BCUT2D eigenvalue weighted by Gasteiger charge is -2.32. The molecule has 0 bridgehead atoms. The summed E-state index contributed by atoms with van der Waals surface area (Å²) in [7, 11) is 0. The molecule has 1 aromatic rings. The van der Waals surface area contributed by atoms with Gasteiger partial charge in [-0.05, 0) is 39.9 Å². The monoisotopic (exact) mass is 350 g/mol. The topological polar surface area (TPSA) is 59.7 Å². The molecule has 0 atom stereocenters. The number of aromatic nitrogens is 2. The zero-order valence-electron chi connectivity index (χ0n) is 14.9. The normalized spacial score (nSPS) is 19.0. The molecule has 132 valence electrons. The first-order valence-corrected chi connectivity index (χ1v) is 9.73. The highest BCUT2D eigenvalue weighted by atomic mass is 32.2. The number of amides is 1. The molecule has 7 heteroatoms. The number of aliphatic imine (C=N–C) groups is 1. The SMILES string of the molecule is CSC1=NCCn2cc(C3CCN(C(=O)OC(C)(C)C)CC3)nc21. The predicted molar refractivity (Wildman–Crippen MR) is 96.9 cm³/mol. The number of likely N-dealkylation sites (tertiary alicyclic amines) is 1. The van der Waals surface area contributed by atoms with Crippen LogP contribution in [0.3, 0.4) is 0 Å². The van der Waals surface area contributed by atoms with Gasteiger partial charge < -0.3 is 14.2 Å². The van der Waals surface area contributed by atoms with E-state index in [4.69, 9.17) is 9.72 Å². The number of rotatable bonds is 1. The van der Waals surface area contributed by atoms with Gasteiger partial charge in [-0.1, -0.05) is 0 Å². The Balaban J connectivity index is 1.63. The van der Waals surface area contributed by atoms with Crippen LogP contribution in [0.5, 0.6) is 0 Å². The number of fused-ring (bicyclic) bond motifs is 1. The maximum atomic E-state index is 12.2. The molecule has 0 spiro atoms. The average molecular weight is 350 g/mol. The maximum absolute atomic E-state index is 12.2. The van der Waals surface area contributed by atoms with Crippen LogP contribution in [-0.2, 0) is 11.3 Å². The summed E-state index contributed by atoms with van der Waals surface area (Å²) in [4.78, 5) is 23.4. The van der Waals surface area contributed by atoms with Crippen LogP contribution >= 0.6 is 11.8 Å². The molecule has 6 nitrogen and oxygen atoms in total. The Kier molecular flexibility index (Phi) is 4.90. The number of carbonyl (C=O) groups is 1. The lowest BCUT2D eigenvalue weighted by molar-refractivity contribution is 0.0204. The van der Waals surface area contributed by atoms with Crippen LogP contribution in [0.2, 0.25) is 0 Å². The number of ether oxygens (including phenoxy) is 1. The van der Waals surface area contributed by atoms with E-state index in [1.165, 1.54) is 0 Å². The molecule has 0 aliphatic carbocycles. The number of thioether (sulfide) groups is 1. The lowest BCUT2D eigenvalue weighted by Crippen LogP contribution is -2.41. The minimum absolute atomic E-state index is 0.207. The van der Waals surface area contributed by atoms with Gasteiger partial charge in [0.2, 0.25) is 0 Å². The van der Waals surface area contributed by atoms with Crippen LogP contribution in [0.4, 0.5) is 4.79 Å². The van der Waals surface area contributed by atoms with E-state index in [0.29, 0.717) is 5.92 Å². The smallest absolute Gasteiger partial charge is 0.410 e. The fraction of sp³-hybridized carbons (Fsp3) is 0.706. The van der Waals surface area contributed by atoms with E-state index in [0.717, 1.165) is 55.6 Å². The molecule has 0 radical (unpaired) electrons. The van der Waals surface area contributed by atoms with Crippen molar-refractivity contribution in [2.75, 3.05) is 25.9 Å². The second kappa shape index (κ2) is 6.78. The van der Waals surface area contributed by atoms with Crippen LogP contribution in [0, 0.1) is 0 Å². The van der Waals surface area contributed by atoms with Crippen LogP contribution in [0.25, 0.3) is 0 Å². The minimum Gasteiger partial charge on any atom is -0.444 e. The van der Waals surface area contributed by atoms with Crippen molar-refractivity contribution in [3.63, 3.8) is 0 Å². The fourth-order valence-electron chi connectivity index (χ4n) is 3.14. The predicted octanol–water partition coefficient (Wildman–Crippen LogP) is 3.12. The van der Waals surface area contributed by atoms with Crippen molar-refractivity contribution in [2.24, 2.45) is 4.99 Å². The zero-order chi connectivity index (χ0) is 17.3. The molecule has 1 saturated heterocycles. The van der Waals surface area contributed by atoms with E-state index in [1.54, 1.807) is 11.8 Å². The van der Waals surface area contributed by atoms with Crippen molar-refractivity contribution >= 4 is 22.9 Å². The van der Waals surface area contributed by atoms with E-state index in [2.05, 4.69) is 15.8 Å². The van der Waals surface area contributed by atoms with Gasteiger partial charge in [0.1, 0.15) is 10.6 Å². The first-order chi connectivity index (χ1) is 11.4. The summed E-state index contributed by atoms with van der Waals surface area (Å²) in [5.74, 6) is 1.41. The Morgan fingerprint density at radius 2 is 2.00 bits per heavy atom. The van der Waals surface area contributed by atoms with Crippen molar-refractivity contribution in [3.05, 3.63) is 17.7 Å². The first kappa shape index (κ1) is 17.3. The summed E-state index contributed by atoms with van der Waals surface area (Å²) in [6.07, 6.45) is 5.88. The van der Waals surface area contributed by atoms with Crippen LogP contribution in [0.15, 0.2) is 11.2 Å². The van der Waals surface area contributed by atoms with Crippen LogP contribution < -0.4 is 0 Å². The molecule has 2 aliphatic rings. The van der Waals surface area contributed by atoms with Crippen molar-refractivity contribution < 1.29 is 9.53 Å². The Morgan fingerprint density at radius 1 is 1.29 bits per heavy atom. The number of carbonyl (C=O) groups excluding carboxylic acids is 1. The molecule has 0 saturated carbocycles. The summed E-state index contributed by atoms with van der Waals surface area (Å²) in [6, 6.07) is 0. The molecule has 1 amide bonds. The number of piperidine rings is 1. The molecule has 24 heavy (non-hydrogen) atoms. The highest BCUT2D eigenvalue weighted by molar-refractivity contribution is 8.13. The van der Waals surface area contributed by atoms with Crippen LogP contribution in [0.1, 0.15) is 51.0 Å². The van der Waals surface area contributed by atoms with E-state index in [-0.39, 0.29) is 6.09 Å². The Bertz CT molecular complexity index is 640. The average Bonchev–Trinajstić information content (AvgIpc) is 2.97. The third-order valence-corrected chi connectivity index (χ3v) is 5.04. The molecular formula is C17H26N4O2S. The Morgan fingerprint density at radius 3 is 2.62 bits per heavy atom. The van der Waals surface area contributed by atoms with Gasteiger partial charge in [-0.3, -0.25) is 4.99 Å². The van der Waals surface area contributed by atoms with Gasteiger partial charge >= 0.3 is 6.09 Å². The summed E-state index contributed by atoms with van der Waals surface area (Å²) in [5.41, 5.74) is 0.696. The zero-order valence-corrected chi connectivity index (χ0v) is 15.7. The number of imidazole rings is 1. The van der Waals surface area contributed by atoms with Gasteiger partial charge in [0.15, 0.2) is 5.82 Å². The highest BCUT2D eigenvalue weighted by Crippen LogP contribution is 2.29. The molecule has 3 rings (SSSR count). The fourth-order valence-corrected chi connectivity index (χ4v) is 3.71. The van der Waals surface area contributed by atoms with Crippen molar-refractivity contribution in [3.8, 4) is 0 Å². The number of hydrogen-bond acceptors (Lipinski definition) is 5. The second-order valence-electron chi connectivity index (χ2n) is 7.32. The Labute approximate surface area is 147 Å². The molecule has 3 heterocycles. The number of hydrogen-bond donors (Lipinski definition) is 0. The molecular weight excluding hydrogens is 324 g/mol. The standard InChI is InChI=1S/C17H26N4O2S/c1-17(2,3)23-16(22)20-8-5-12(6-9-20)13-11-21-10-7-18-15(24-4)14(21)19-13/h11-12H,5-10H2,1-4H3. The van der Waals surface area contributed by atoms with E-state index in [9.17, 15) is 4.79 Å². The van der Waals surface area contributed by atoms with Crippen LogP contribution in [-0.4, -0.2) is 57.1 Å². The number of nitrogens with zero attached hydrogens (tertiary/aromatic N) is 4. The van der Waals surface area contributed by atoms with Gasteiger partial charge in [0.05, 0.1) is 12.2 Å². The van der Waals surface area contributed by atoms with Gasteiger partial charge in [-0.15, -0.1) is 11.8 Å². The summed E-state index contributed by atoms with van der Waals surface area (Å²) in [5, 5.41) is 1.03. The molecule has 0 N–H and O–H groups in total. The van der Waals surface area contributed by atoms with Crippen molar-refractivity contribution in [2.45, 2.75) is 51.7 Å². The van der Waals surface area contributed by atoms with Gasteiger partial charge in [0.25, 0.3) is 0 Å². The Hall–Kier alpha value is -1.50. The van der Waals surface area contributed by atoms with Crippen molar-refractivity contribution in [1.29, 1.82) is 0 Å². The van der Waals surface area contributed by atoms with Crippen molar-refractivity contribution in [1.82, 2.24) is 14.5 Å². The quantitative estimate of drug-likeness (QED) is 0.781. The molecule has 2 aliphatic heterocycles. The summed E-state index contributed by atoms with van der Waals surface area (Å²) < 4.78 is 7.68. The molecule has 1 aromatic heterocycles. The third kappa shape index (κ3) is 3.77. The van der Waals surface area contributed by atoms with E-state index >= 15 is 0 Å². The third-order valence-electron chi connectivity index (χ3n) is 4.34. The van der Waals surface area contributed by atoms with E-state index in [1.807, 2.05) is 31.9 Å². The molecule has 0 unspecified atom stereocenters. The highest BCUT2D eigenvalue weighted by Gasteiger charge is 2.29. The van der Waals surface area contributed by atoms with Gasteiger partial charge in [-0.25, -0.2) is 9.78 Å². The largest absolute Gasteiger partial charge is 0.444 e. The lowest BCUT2D eigenvalue weighted by atomic mass is 9.94. The van der Waals surface area contributed by atoms with Gasteiger partial charge in [-0.2, -0.15) is 0 Å². The van der Waals surface area contributed by atoms with Gasteiger partial charge in [0, 0.05) is 31.7 Å². The van der Waals surface area contributed by atoms with E-state index < -0.39 is 5.60 Å².